The lowest BCUT2D eigenvalue weighted by atomic mass is 10.2. The average Bonchev–Trinajstić information content (AvgIpc) is 3.10. The summed E-state index contributed by atoms with van der Waals surface area (Å²) >= 11 is 11.3. The van der Waals surface area contributed by atoms with Crippen molar-refractivity contribution in [1.29, 1.82) is 0 Å². The fraction of sp³-hybridized carbons (Fsp3) is 0.286. The number of aromatic nitrogens is 3. The Morgan fingerprint density at radius 2 is 1.97 bits per heavy atom. The zero-order valence-corrected chi connectivity index (χ0v) is 17.9. The average molecular weight is 444 g/mol. The number of benzene rings is 2. The van der Waals surface area contributed by atoms with Crippen molar-refractivity contribution in [2.24, 2.45) is 0 Å². The van der Waals surface area contributed by atoms with Crippen molar-refractivity contribution in [2.75, 3.05) is 31.6 Å². The predicted octanol–water partition coefficient (Wildman–Crippen LogP) is 3.73. The van der Waals surface area contributed by atoms with Crippen LogP contribution in [0.4, 0.5) is 5.69 Å². The van der Waals surface area contributed by atoms with Gasteiger partial charge in [-0.2, -0.15) is 5.10 Å². The first-order valence-corrected chi connectivity index (χ1v) is 10.5. The van der Waals surface area contributed by atoms with Crippen molar-refractivity contribution in [2.45, 2.75) is 13.1 Å². The highest BCUT2D eigenvalue weighted by molar-refractivity contribution is 7.71. The van der Waals surface area contributed by atoms with Crippen LogP contribution >= 0.6 is 23.8 Å². The highest BCUT2D eigenvalue weighted by atomic mass is 35.5. The van der Waals surface area contributed by atoms with E-state index in [1.807, 2.05) is 30.3 Å². The molecule has 0 radical (unpaired) electrons. The standard InChI is InChI=1S/C21H22ClN5O2S/c22-17-6-4-16(5-7-17)20-24-25-21(30)27(20)14-19(28)23-18-3-1-2-15(12-18)13-26-8-10-29-11-9-26/h1-7,12H,8-11,13-14H2,(H,23,28)(H,25,30). The summed E-state index contributed by atoms with van der Waals surface area (Å²) in [7, 11) is 0. The van der Waals surface area contributed by atoms with Gasteiger partial charge in [0.1, 0.15) is 6.54 Å². The molecule has 7 nitrogen and oxygen atoms in total. The second-order valence-corrected chi connectivity index (χ2v) is 7.91. The monoisotopic (exact) mass is 443 g/mol. The first-order valence-electron chi connectivity index (χ1n) is 9.68. The number of carbonyl (C=O) groups excluding carboxylic acids is 1. The third-order valence-electron chi connectivity index (χ3n) is 4.88. The molecule has 1 aromatic heterocycles. The number of rotatable bonds is 6. The van der Waals surface area contributed by atoms with E-state index in [0.717, 1.165) is 49.7 Å². The minimum absolute atomic E-state index is 0.0565. The molecular weight excluding hydrogens is 422 g/mol. The Balaban J connectivity index is 1.44. The third kappa shape index (κ3) is 5.14. The van der Waals surface area contributed by atoms with Gasteiger partial charge in [0.25, 0.3) is 0 Å². The molecule has 156 valence electrons. The number of carbonyl (C=O) groups is 1. The van der Waals surface area contributed by atoms with Gasteiger partial charge >= 0.3 is 0 Å². The van der Waals surface area contributed by atoms with Gasteiger partial charge < -0.3 is 10.1 Å². The van der Waals surface area contributed by atoms with Gasteiger partial charge in [0.2, 0.25) is 5.91 Å². The number of nitrogens with zero attached hydrogens (tertiary/aromatic N) is 3. The summed E-state index contributed by atoms with van der Waals surface area (Å²) in [5.74, 6) is 0.416. The minimum Gasteiger partial charge on any atom is -0.379 e. The number of anilines is 1. The van der Waals surface area contributed by atoms with Crippen molar-refractivity contribution in [3.8, 4) is 11.4 Å². The first kappa shape index (κ1) is 20.7. The number of ether oxygens (including phenoxy) is 1. The highest BCUT2D eigenvalue weighted by Crippen LogP contribution is 2.20. The van der Waals surface area contributed by atoms with Crippen LogP contribution in [0.2, 0.25) is 5.02 Å². The maximum atomic E-state index is 12.7. The lowest BCUT2D eigenvalue weighted by Crippen LogP contribution is -2.35. The van der Waals surface area contributed by atoms with Gasteiger partial charge in [-0.25, -0.2) is 0 Å². The highest BCUT2D eigenvalue weighted by Gasteiger charge is 2.14. The smallest absolute Gasteiger partial charge is 0.244 e. The van der Waals surface area contributed by atoms with Gasteiger partial charge in [-0.05, 0) is 54.2 Å². The van der Waals surface area contributed by atoms with Crippen LogP contribution in [0.3, 0.4) is 0 Å². The maximum Gasteiger partial charge on any atom is 0.244 e. The van der Waals surface area contributed by atoms with Crippen LogP contribution < -0.4 is 5.32 Å². The van der Waals surface area contributed by atoms with Crippen LogP contribution in [0.25, 0.3) is 11.4 Å². The molecule has 1 aliphatic rings. The van der Waals surface area contributed by atoms with E-state index in [1.54, 1.807) is 16.7 Å². The van der Waals surface area contributed by atoms with E-state index in [9.17, 15) is 4.79 Å². The topological polar surface area (TPSA) is 75.2 Å². The molecule has 3 aromatic rings. The van der Waals surface area contributed by atoms with Crippen LogP contribution in [0, 0.1) is 4.77 Å². The Bertz CT molecular complexity index is 1070. The molecule has 30 heavy (non-hydrogen) atoms. The molecular formula is C21H22ClN5O2S. The maximum absolute atomic E-state index is 12.7. The molecule has 2 aromatic carbocycles. The van der Waals surface area contributed by atoms with Crippen molar-refractivity contribution in [1.82, 2.24) is 19.7 Å². The molecule has 1 fully saturated rings. The van der Waals surface area contributed by atoms with E-state index in [-0.39, 0.29) is 12.5 Å². The third-order valence-corrected chi connectivity index (χ3v) is 5.45. The van der Waals surface area contributed by atoms with Crippen molar-refractivity contribution in [3.05, 3.63) is 63.9 Å². The van der Waals surface area contributed by atoms with Gasteiger partial charge in [0, 0.05) is 35.9 Å². The number of H-pyrrole nitrogens is 1. The minimum atomic E-state index is -0.175. The molecule has 0 saturated carbocycles. The van der Waals surface area contributed by atoms with Crippen LogP contribution in [0.5, 0.6) is 0 Å². The summed E-state index contributed by atoms with van der Waals surface area (Å²) in [6.07, 6.45) is 0. The molecule has 2 N–H and O–H groups in total. The van der Waals surface area contributed by atoms with E-state index < -0.39 is 0 Å². The number of halogens is 1. The molecule has 4 rings (SSSR count). The molecule has 0 spiro atoms. The number of morpholine rings is 1. The fourth-order valence-corrected chi connectivity index (χ4v) is 3.72. The number of aromatic amines is 1. The normalized spacial score (nSPS) is 14.6. The van der Waals surface area contributed by atoms with Gasteiger partial charge in [0.05, 0.1) is 13.2 Å². The van der Waals surface area contributed by atoms with Gasteiger partial charge in [-0.1, -0.05) is 23.7 Å². The molecule has 0 aliphatic carbocycles. The number of hydrogen-bond donors (Lipinski definition) is 2. The molecule has 0 bridgehead atoms. The number of nitrogens with one attached hydrogen (secondary N) is 2. The van der Waals surface area contributed by atoms with E-state index in [1.165, 1.54) is 0 Å². The molecule has 0 unspecified atom stereocenters. The Kier molecular flexibility index (Phi) is 6.59. The zero-order chi connectivity index (χ0) is 20.9. The molecule has 1 amide bonds. The molecule has 1 saturated heterocycles. The molecule has 9 heteroatoms. The predicted molar refractivity (Wildman–Crippen MR) is 119 cm³/mol. The fourth-order valence-electron chi connectivity index (χ4n) is 3.39. The largest absolute Gasteiger partial charge is 0.379 e. The van der Waals surface area contributed by atoms with Crippen molar-refractivity contribution >= 4 is 35.4 Å². The number of amides is 1. The second-order valence-electron chi connectivity index (χ2n) is 7.08. The van der Waals surface area contributed by atoms with Crippen LogP contribution in [-0.2, 0) is 22.6 Å². The van der Waals surface area contributed by atoms with E-state index in [0.29, 0.717) is 15.6 Å². The second kappa shape index (κ2) is 9.53. The van der Waals surface area contributed by atoms with Crippen LogP contribution in [0.15, 0.2) is 48.5 Å². The van der Waals surface area contributed by atoms with E-state index in [4.69, 9.17) is 28.6 Å². The van der Waals surface area contributed by atoms with Gasteiger partial charge in [0.15, 0.2) is 10.6 Å². The summed E-state index contributed by atoms with van der Waals surface area (Å²) < 4.78 is 7.45. The summed E-state index contributed by atoms with van der Waals surface area (Å²) in [5.41, 5.74) is 2.73. The lowest BCUT2D eigenvalue weighted by Gasteiger charge is -2.26. The Morgan fingerprint density at radius 1 is 1.20 bits per heavy atom. The van der Waals surface area contributed by atoms with Gasteiger partial charge in [-0.3, -0.25) is 19.4 Å². The summed E-state index contributed by atoms with van der Waals surface area (Å²) in [6, 6.07) is 15.1. The summed E-state index contributed by atoms with van der Waals surface area (Å²) in [4.78, 5) is 15.0. The molecule has 2 heterocycles. The lowest BCUT2D eigenvalue weighted by molar-refractivity contribution is -0.116. The zero-order valence-electron chi connectivity index (χ0n) is 16.3. The summed E-state index contributed by atoms with van der Waals surface area (Å²) in [6.45, 7) is 4.25. The summed E-state index contributed by atoms with van der Waals surface area (Å²) in [5, 5.41) is 10.6. The van der Waals surface area contributed by atoms with Crippen molar-refractivity contribution in [3.63, 3.8) is 0 Å². The van der Waals surface area contributed by atoms with Crippen LogP contribution in [0.1, 0.15) is 5.56 Å². The Hall–Kier alpha value is -2.52. The van der Waals surface area contributed by atoms with Gasteiger partial charge in [-0.15, -0.1) is 0 Å². The first-order chi connectivity index (χ1) is 14.6. The van der Waals surface area contributed by atoms with Crippen LogP contribution in [-0.4, -0.2) is 51.9 Å². The molecule has 0 atom stereocenters. The SMILES string of the molecule is O=C(Cn1c(-c2ccc(Cl)cc2)n[nH]c1=S)Nc1cccc(CN2CCOCC2)c1. The van der Waals surface area contributed by atoms with Crippen molar-refractivity contribution < 1.29 is 9.53 Å². The van der Waals surface area contributed by atoms with E-state index in [2.05, 4.69) is 26.5 Å². The number of hydrogen-bond acceptors (Lipinski definition) is 5. The van der Waals surface area contributed by atoms with E-state index >= 15 is 0 Å². The molecule has 1 aliphatic heterocycles. The Morgan fingerprint density at radius 3 is 2.73 bits per heavy atom. The Labute approximate surface area is 184 Å². The quantitative estimate of drug-likeness (QED) is 0.568.